The Kier molecular flexibility index (Phi) is 4.76. The molecule has 5 nitrogen and oxygen atoms in total. The minimum Gasteiger partial charge on any atom is -0.508 e. The zero-order valence-electron chi connectivity index (χ0n) is 12.7. The number of phenols is 1. The number of halogens is 2. The van der Waals surface area contributed by atoms with Gasteiger partial charge in [0.1, 0.15) is 11.6 Å². The summed E-state index contributed by atoms with van der Waals surface area (Å²) in [7, 11) is -4.62. The number of alkyl halides is 1. The van der Waals surface area contributed by atoms with Gasteiger partial charge in [-0.15, -0.1) is 0 Å². The van der Waals surface area contributed by atoms with Gasteiger partial charge in [-0.25, -0.2) is 12.8 Å². The fraction of sp³-hybridized carbons (Fsp3) is 0.250. The number of aliphatic hydroxyl groups excluding tert-OH is 2. The van der Waals surface area contributed by atoms with Gasteiger partial charge in [0.05, 0.1) is 11.0 Å². The number of benzene rings is 2. The quantitative estimate of drug-likeness (QED) is 0.746. The predicted molar refractivity (Wildman–Crippen MR) is 86.2 cm³/mol. The molecule has 0 amide bonds. The van der Waals surface area contributed by atoms with Gasteiger partial charge in [-0.3, -0.25) is 0 Å². The Labute approximate surface area is 146 Å². The highest BCUT2D eigenvalue weighted by atomic mass is 32.2. The van der Waals surface area contributed by atoms with Crippen LogP contribution in [0.2, 0.25) is 0 Å². The van der Waals surface area contributed by atoms with Crippen molar-refractivity contribution in [3.05, 3.63) is 47.3 Å². The highest BCUT2D eigenvalue weighted by Gasteiger charge is 2.35. The molecule has 3 N–H and O–H groups in total. The fourth-order valence-corrected chi connectivity index (χ4v) is 4.96. The Hall–Kier alpha value is -1.68. The zero-order valence-corrected chi connectivity index (χ0v) is 14.3. The van der Waals surface area contributed by atoms with E-state index in [1.54, 1.807) is 0 Å². The maximum absolute atomic E-state index is 13.4. The molecule has 1 aliphatic rings. The molecule has 1 unspecified atom stereocenters. The van der Waals surface area contributed by atoms with E-state index in [4.69, 9.17) is 5.11 Å². The Morgan fingerprint density at radius 2 is 1.96 bits per heavy atom. The van der Waals surface area contributed by atoms with Crippen LogP contribution >= 0.6 is 11.8 Å². The van der Waals surface area contributed by atoms with E-state index >= 15 is 0 Å². The lowest BCUT2D eigenvalue weighted by Crippen LogP contribution is -2.18. The van der Waals surface area contributed by atoms with E-state index in [9.17, 15) is 27.4 Å². The third-order valence-electron chi connectivity index (χ3n) is 3.92. The van der Waals surface area contributed by atoms with E-state index in [1.165, 1.54) is 18.2 Å². The van der Waals surface area contributed by atoms with Crippen LogP contribution in [0.4, 0.5) is 8.78 Å². The Morgan fingerprint density at radius 1 is 1.24 bits per heavy atom. The van der Waals surface area contributed by atoms with Gasteiger partial charge < -0.3 is 15.3 Å². The van der Waals surface area contributed by atoms with Crippen LogP contribution in [0.5, 0.6) is 5.75 Å². The molecule has 2 aromatic rings. The largest absolute Gasteiger partial charge is 0.508 e. The standard InChI is InChI=1S/C16H14F2O5S2/c17-8-5-9(19)7-10(6-8)24-13-3-4-14(25(22,23)16(18)21)15-11(13)1-2-12(15)20/h3-7,12,16,19-21H,1-2H2/t12-,16?/m1/s1. The third kappa shape index (κ3) is 3.37. The van der Waals surface area contributed by atoms with Gasteiger partial charge >= 0.3 is 5.69 Å². The van der Waals surface area contributed by atoms with Crippen LogP contribution in [-0.2, 0) is 16.3 Å². The van der Waals surface area contributed by atoms with Crippen molar-refractivity contribution in [2.75, 3.05) is 0 Å². The van der Waals surface area contributed by atoms with Gasteiger partial charge in [0.15, 0.2) is 0 Å². The van der Waals surface area contributed by atoms with Crippen molar-refractivity contribution in [1.82, 2.24) is 0 Å². The molecule has 134 valence electrons. The predicted octanol–water partition coefficient (Wildman–Crippen LogP) is 2.68. The minimum atomic E-state index is -4.62. The first-order chi connectivity index (χ1) is 11.7. The number of hydrogen-bond acceptors (Lipinski definition) is 6. The summed E-state index contributed by atoms with van der Waals surface area (Å²) in [4.78, 5) is 0.500. The number of sulfone groups is 1. The van der Waals surface area contributed by atoms with E-state index in [0.29, 0.717) is 21.8 Å². The van der Waals surface area contributed by atoms with Crippen molar-refractivity contribution in [1.29, 1.82) is 0 Å². The molecule has 2 atom stereocenters. The molecule has 0 radical (unpaired) electrons. The zero-order chi connectivity index (χ0) is 18.4. The molecule has 0 spiro atoms. The van der Waals surface area contributed by atoms with Gasteiger partial charge in [0, 0.05) is 21.4 Å². The van der Waals surface area contributed by atoms with E-state index in [0.717, 1.165) is 23.9 Å². The van der Waals surface area contributed by atoms with Crippen LogP contribution in [0.25, 0.3) is 0 Å². The fourth-order valence-electron chi connectivity index (χ4n) is 2.85. The topological polar surface area (TPSA) is 94.8 Å². The minimum absolute atomic E-state index is 0.0577. The number of aromatic hydroxyl groups is 1. The highest BCUT2D eigenvalue weighted by molar-refractivity contribution is 7.99. The second-order valence-corrected chi connectivity index (χ2v) is 8.63. The molecule has 3 rings (SSSR count). The molecule has 0 bridgehead atoms. The molecule has 0 fully saturated rings. The first kappa shape index (κ1) is 18.1. The van der Waals surface area contributed by atoms with Crippen molar-refractivity contribution in [3.8, 4) is 5.75 Å². The molecule has 0 aromatic heterocycles. The molecular formula is C16H14F2O5S2. The van der Waals surface area contributed by atoms with E-state index in [-0.39, 0.29) is 17.7 Å². The van der Waals surface area contributed by atoms with Crippen LogP contribution in [-0.4, -0.2) is 29.4 Å². The van der Waals surface area contributed by atoms with Crippen LogP contribution in [0.15, 0.2) is 45.0 Å². The number of hydrogen-bond donors (Lipinski definition) is 3. The van der Waals surface area contributed by atoms with Gasteiger partial charge in [0.2, 0.25) is 9.84 Å². The van der Waals surface area contributed by atoms with Crippen LogP contribution < -0.4 is 0 Å². The smallest absolute Gasteiger partial charge is 0.303 e. The summed E-state index contributed by atoms with van der Waals surface area (Å²) in [5, 5.41) is 28.5. The summed E-state index contributed by atoms with van der Waals surface area (Å²) in [6.07, 6.45) is -0.488. The summed E-state index contributed by atoms with van der Waals surface area (Å²) in [5.41, 5.74) is -2.52. The van der Waals surface area contributed by atoms with Gasteiger partial charge in [-0.1, -0.05) is 11.8 Å². The molecule has 9 heteroatoms. The lowest BCUT2D eigenvalue weighted by Gasteiger charge is -2.15. The van der Waals surface area contributed by atoms with E-state index in [2.05, 4.69) is 0 Å². The maximum Gasteiger partial charge on any atom is 0.303 e. The van der Waals surface area contributed by atoms with Gasteiger partial charge in [-0.05, 0) is 42.7 Å². The Bertz CT molecular complexity index is 908. The molecule has 0 heterocycles. The van der Waals surface area contributed by atoms with E-state index in [1.807, 2.05) is 0 Å². The second kappa shape index (κ2) is 6.56. The van der Waals surface area contributed by atoms with E-state index < -0.39 is 32.3 Å². The summed E-state index contributed by atoms with van der Waals surface area (Å²) >= 11 is 1.09. The lowest BCUT2D eigenvalue weighted by molar-refractivity contribution is 0.117. The monoisotopic (exact) mass is 388 g/mol. The van der Waals surface area contributed by atoms with Crippen molar-refractivity contribution in [2.45, 2.75) is 39.3 Å². The van der Waals surface area contributed by atoms with Gasteiger partial charge in [0.25, 0.3) is 0 Å². The lowest BCUT2D eigenvalue weighted by atomic mass is 10.1. The van der Waals surface area contributed by atoms with Crippen molar-refractivity contribution < 1.29 is 32.5 Å². The summed E-state index contributed by atoms with van der Waals surface area (Å²) in [6.45, 7) is 0. The molecule has 0 aliphatic heterocycles. The molecule has 2 aromatic carbocycles. The first-order valence-corrected chi connectivity index (χ1v) is 9.63. The van der Waals surface area contributed by atoms with Crippen LogP contribution in [0.1, 0.15) is 23.7 Å². The molecule has 0 saturated heterocycles. The number of fused-ring (bicyclic) bond motifs is 1. The molecule has 1 aliphatic carbocycles. The average Bonchev–Trinajstić information content (AvgIpc) is 2.89. The molecule has 25 heavy (non-hydrogen) atoms. The maximum atomic E-state index is 13.4. The summed E-state index contributed by atoms with van der Waals surface area (Å²) in [6, 6.07) is 6.04. The van der Waals surface area contributed by atoms with Crippen molar-refractivity contribution >= 4 is 21.6 Å². The van der Waals surface area contributed by atoms with Crippen molar-refractivity contribution in [3.63, 3.8) is 0 Å². The number of aliphatic hydroxyl groups is 2. The normalized spacial score (nSPS) is 18.2. The third-order valence-corrected chi connectivity index (χ3v) is 6.48. The second-order valence-electron chi connectivity index (χ2n) is 5.59. The molecule has 0 saturated carbocycles. The Balaban J connectivity index is 2.09. The highest BCUT2D eigenvalue weighted by Crippen LogP contribution is 2.44. The average molecular weight is 388 g/mol. The summed E-state index contributed by atoms with van der Waals surface area (Å²) in [5.74, 6) is -0.877. The molecular weight excluding hydrogens is 374 g/mol. The summed E-state index contributed by atoms with van der Waals surface area (Å²) < 4.78 is 50.5. The number of rotatable bonds is 4. The van der Waals surface area contributed by atoms with Crippen molar-refractivity contribution in [2.24, 2.45) is 0 Å². The van der Waals surface area contributed by atoms with Crippen LogP contribution in [0.3, 0.4) is 0 Å². The number of phenolic OH excluding ortho intramolecular Hbond substituents is 1. The SMILES string of the molecule is O=S(=O)(c1ccc(Sc2cc(O)cc(F)c2)c2c1[C@H](O)CC2)C(O)F. The Morgan fingerprint density at radius 3 is 2.60 bits per heavy atom. The van der Waals surface area contributed by atoms with Gasteiger partial charge in [-0.2, -0.15) is 4.39 Å². The first-order valence-electron chi connectivity index (χ1n) is 7.27. The van der Waals surface area contributed by atoms with Crippen LogP contribution in [0, 0.1) is 5.82 Å².